The second-order valence-corrected chi connectivity index (χ2v) is 5.81. The number of nitrogens with two attached hydrogens (primary N) is 1. The van der Waals surface area contributed by atoms with Crippen LogP contribution in [-0.4, -0.2) is 11.2 Å². The van der Waals surface area contributed by atoms with E-state index in [1.807, 2.05) is 26.3 Å². The maximum Gasteiger partial charge on any atom is 0.155 e. The van der Waals surface area contributed by atoms with Crippen LogP contribution in [0.4, 0.5) is 5.82 Å². The second-order valence-electron chi connectivity index (χ2n) is 5.81. The van der Waals surface area contributed by atoms with Gasteiger partial charge in [-0.05, 0) is 49.4 Å². The lowest BCUT2D eigenvalue weighted by Gasteiger charge is -2.20. The Balaban J connectivity index is 2.04. The number of fused-ring (bicyclic) bond motifs is 1. The van der Waals surface area contributed by atoms with Crippen LogP contribution in [0.25, 0.3) is 11.1 Å². The molecule has 2 N–H and O–H groups in total. The van der Waals surface area contributed by atoms with Crippen LogP contribution in [0.3, 0.4) is 0 Å². The molecule has 2 heterocycles. The van der Waals surface area contributed by atoms with Crippen LogP contribution in [-0.2, 0) is 12.0 Å². The van der Waals surface area contributed by atoms with E-state index in [0.717, 1.165) is 24.2 Å². The van der Waals surface area contributed by atoms with Crippen molar-refractivity contribution in [3.63, 3.8) is 0 Å². The predicted octanol–water partition coefficient (Wildman–Crippen LogP) is 3.59. The van der Waals surface area contributed by atoms with Gasteiger partial charge in [0, 0.05) is 23.5 Å². The van der Waals surface area contributed by atoms with Crippen LogP contribution in [0.15, 0.2) is 41.5 Å². The fraction of sp³-hybridized carbons (Fsp3) is 0.294. The van der Waals surface area contributed by atoms with Crippen LogP contribution in [0, 0.1) is 0 Å². The highest BCUT2D eigenvalue weighted by atomic mass is 14.9. The van der Waals surface area contributed by atoms with Gasteiger partial charge in [-0.1, -0.05) is 24.3 Å². The first-order valence-electron chi connectivity index (χ1n) is 6.96. The minimum Gasteiger partial charge on any atom is -0.322 e. The van der Waals surface area contributed by atoms with Crippen LogP contribution >= 0.6 is 0 Å². The van der Waals surface area contributed by atoms with Crippen LogP contribution in [0.1, 0.15) is 31.4 Å². The van der Waals surface area contributed by atoms with E-state index in [1.165, 1.54) is 16.7 Å². The molecule has 0 bridgehead atoms. The maximum atomic E-state index is 6.13. The molecule has 0 fully saturated rings. The fourth-order valence-electron chi connectivity index (χ4n) is 2.55. The van der Waals surface area contributed by atoms with Gasteiger partial charge in [0.05, 0.1) is 0 Å². The average molecular weight is 265 g/mol. The Hall–Kier alpha value is -2.00. The Morgan fingerprint density at radius 3 is 2.55 bits per heavy atom. The standard InChI is InChI=1S/C17H19N3/c1-17(2,18)13-7-5-12(6-8-13)14-9-11-20-16-15(14)4-3-10-19-16/h5-11H,3-4,18H2,1-2H3. The molecular formula is C17H19N3. The van der Waals surface area contributed by atoms with Gasteiger partial charge < -0.3 is 5.73 Å². The van der Waals surface area contributed by atoms with E-state index in [-0.39, 0.29) is 5.54 Å². The molecule has 0 spiro atoms. The van der Waals surface area contributed by atoms with Crippen LogP contribution in [0.2, 0.25) is 0 Å². The van der Waals surface area contributed by atoms with Gasteiger partial charge >= 0.3 is 0 Å². The van der Waals surface area contributed by atoms with Crippen molar-refractivity contribution in [1.82, 2.24) is 4.98 Å². The van der Waals surface area contributed by atoms with E-state index >= 15 is 0 Å². The topological polar surface area (TPSA) is 51.3 Å². The molecule has 0 saturated heterocycles. The van der Waals surface area contributed by atoms with Crippen LogP contribution in [0.5, 0.6) is 0 Å². The number of hydrogen-bond acceptors (Lipinski definition) is 3. The molecule has 0 unspecified atom stereocenters. The molecule has 3 nitrogen and oxygen atoms in total. The average Bonchev–Trinajstić information content (AvgIpc) is 2.46. The van der Waals surface area contributed by atoms with Gasteiger partial charge in [0.15, 0.2) is 5.82 Å². The summed E-state index contributed by atoms with van der Waals surface area (Å²) in [4.78, 5) is 8.72. The van der Waals surface area contributed by atoms with Crippen molar-refractivity contribution in [3.05, 3.63) is 47.7 Å². The third-order valence-corrected chi connectivity index (χ3v) is 3.71. The summed E-state index contributed by atoms with van der Waals surface area (Å²) in [6.07, 6.45) is 5.77. The van der Waals surface area contributed by atoms with E-state index in [4.69, 9.17) is 5.73 Å². The molecule has 1 aliphatic heterocycles. The quantitative estimate of drug-likeness (QED) is 0.902. The van der Waals surface area contributed by atoms with Crippen molar-refractivity contribution in [3.8, 4) is 11.1 Å². The van der Waals surface area contributed by atoms with Crippen molar-refractivity contribution in [2.24, 2.45) is 10.7 Å². The van der Waals surface area contributed by atoms with Crippen LogP contribution < -0.4 is 5.73 Å². The lowest BCUT2D eigenvalue weighted by atomic mass is 9.91. The SMILES string of the molecule is CC(C)(N)c1ccc(-c2ccnc3c2CCC=N3)cc1. The lowest BCUT2D eigenvalue weighted by molar-refractivity contribution is 0.554. The number of rotatable bonds is 2. The summed E-state index contributed by atoms with van der Waals surface area (Å²) >= 11 is 0. The summed E-state index contributed by atoms with van der Waals surface area (Å²) in [5.74, 6) is 0.858. The fourth-order valence-corrected chi connectivity index (χ4v) is 2.55. The van der Waals surface area contributed by atoms with E-state index in [0.29, 0.717) is 0 Å². The van der Waals surface area contributed by atoms with Gasteiger partial charge in [-0.15, -0.1) is 0 Å². The van der Waals surface area contributed by atoms with Gasteiger partial charge in [0.1, 0.15) is 0 Å². The molecule has 1 aliphatic rings. The van der Waals surface area contributed by atoms with Crippen molar-refractivity contribution in [2.75, 3.05) is 0 Å². The first-order chi connectivity index (χ1) is 9.55. The summed E-state index contributed by atoms with van der Waals surface area (Å²) in [7, 11) is 0. The van der Waals surface area contributed by atoms with E-state index in [1.54, 1.807) is 0 Å². The van der Waals surface area contributed by atoms with Crippen molar-refractivity contribution in [1.29, 1.82) is 0 Å². The molecule has 0 atom stereocenters. The largest absolute Gasteiger partial charge is 0.322 e. The first kappa shape index (κ1) is 13.0. The third-order valence-electron chi connectivity index (χ3n) is 3.71. The van der Waals surface area contributed by atoms with Gasteiger partial charge in [-0.2, -0.15) is 0 Å². The second kappa shape index (κ2) is 4.84. The zero-order chi connectivity index (χ0) is 14.2. The van der Waals surface area contributed by atoms with E-state index < -0.39 is 0 Å². The molecule has 1 aromatic heterocycles. The van der Waals surface area contributed by atoms with E-state index in [2.05, 4.69) is 40.3 Å². The van der Waals surface area contributed by atoms with Gasteiger partial charge in [0.2, 0.25) is 0 Å². The Morgan fingerprint density at radius 2 is 1.85 bits per heavy atom. The summed E-state index contributed by atoms with van der Waals surface area (Å²) in [5, 5.41) is 0. The van der Waals surface area contributed by atoms with E-state index in [9.17, 15) is 0 Å². The van der Waals surface area contributed by atoms with Gasteiger partial charge in [-0.25, -0.2) is 9.98 Å². The molecule has 3 rings (SSSR count). The molecule has 2 aromatic rings. The van der Waals surface area contributed by atoms with Crippen molar-refractivity contribution in [2.45, 2.75) is 32.2 Å². The zero-order valence-corrected chi connectivity index (χ0v) is 11.9. The normalized spacial score (nSPS) is 14.2. The van der Waals surface area contributed by atoms with Gasteiger partial charge in [-0.3, -0.25) is 0 Å². The highest BCUT2D eigenvalue weighted by Gasteiger charge is 2.16. The number of benzene rings is 1. The highest BCUT2D eigenvalue weighted by Crippen LogP contribution is 2.32. The number of hydrogen-bond donors (Lipinski definition) is 1. The smallest absolute Gasteiger partial charge is 0.155 e. The van der Waals surface area contributed by atoms with Crippen molar-refractivity contribution >= 4 is 12.0 Å². The number of nitrogens with zero attached hydrogens (tertiary/aromatic N) is 2. The Kier molecular flexibility index (Phi) is 3.14. The number of aromatic nitrogens is 1. The number of pyridine rings is 1. The molecule has 0 radical (unpaired) electrons. The highest BCUT2D eigenvalue weighted by molar-refractivity contribution is 5.76. The molecule has 0 saturated carbocycles. The first-order valence-corrected chi connectivity index (χ1v) is 6.96. The zero-order valence-electron chi connectivity index (χ0n) is 11.9. The van der Waals surface area contributed by atoms with Crippen molar-refractivity contribution < 1.29 is 0 Å². The molecule has 102 valence electrons. The molecule has 0 amide bonds. The molecule has 3 heteroatoms. The molecular weight excluding hydrogens is 246 g/mol. The summed E-state index contributed by atoms with van der Waals surface area (Å²) < 4.78 is 0. The summed E-state index contributed by atoms with van der Waals surface area (Å²) in [6, 6.07) is 10.6. The molecule has 0 aliphatic carbocycles. The monoisotopic (exact) mass is 265 g/mol. The minimum absolute atomic E-state index is 0.305. The third kappa shape index (κ3) is 2.37. The Bertz CT molecular complexity index is 649. The number of aliphatic imine (C=N–C) groups is 1. The Labute approximate surface area is 119 Å². The molecule has 20 heavy (non-hydrogen) atoms. The molecule has 1 aromatic carbocycles. The van der Waals surface area contributed by atoms with Gasteiger partial charge in [0.25, 0.3) is 0 Å². The predicted molar refractivity (Wildman–Crippen MR) is 83.4 cm³/mol. The Morgan fingerprint density at radius 1 is 1.10 bits per heavy atom. The summed E-state index contributed by atoms with van der Waals surface area (Å²) in [5.41, 5.74) is 10.6. The summed E-state index contributed by atoms with van der Waals surface area (Å²) in [6.45, 7) is 4.04. The maximum absolute atomic E-state index is 6.13. The lowest BCUT2D eigenvalue weighted by Crippen LogP contribution is -2.28. The minimum atomic E-state index is -0.305.